The van der Waals surface area contributed by atoms with E-state index in [1.54, 1.807) is 14.1 Å². The highest BCUT2D eigenvalue weighted by Crippen LogP contribution is 2.29. The molecule has 30 heavy (non-hydrogen) atoms. The van der Waals surface area contributed by atoms with Crippen LogP contribution in [0.5, 0.6) is 5.88 Å². The van der Waals surface area contributed by atoms with Crippen molar-refractivity contribution in [1.82, 2.24) is 25.8 Å². The summed E-state index contributed by atoms with van der Waals surface area (Å²) in [5, 5.41) is 9.06. The van der Waals surface area contributed by atoms with Gasteiger partial charge in [-0.2, -0.15) is 13.2 Å². The molecule has 2 heterocycles. The van der Waals surface area contributed by atoms with E-state index in [1.165, 1.54) is 6.07 Å². The van der Waals surface area contributed by atoms with Gasteiger partial charge in [0.1, 0.15) is 6.61 Å². The van der Waals surface area contributed by atoms with E-state index in [1.807, 2.05) is 0 Å². The van der Waals surface area contributed by atoms with Gasteiger partial charge in [0.25, 0.3) is 0 Å². The molecule has 0 aromatic carbocycles. The van der Waals surface area contributed by atoms with Crippen LogP contribution in [0.25, 0.3) is 0 Å². The number of carbonyl (C=O) groups is 1. The molecular formula is C18H28F3IN6O2. The SMILES string of the molecule is CN=C(NCCOc1ccc(C(F)(F)F)cn1)NC1CCN(CC(=O)NC)CC1.I. The van der Waals surface area contributed by atoms with Crippen LogP contribution >= 0.6 is 24.0 Å². The molecule has 0 atom stereocenters. The van der Waals surface area contributed by atoms with Gasteiger partial charge in [0.15, 0.2) is 5.96 Å². The number of carbonyl (C=O) groups excluding carboxylic acids is 1. The molecule has 1 amide bonds. The molecule has 1 fully saturated rings. The number of hydrogen-bond acceptors (Lipinski definition) is 5. The first kappa shape index (κ1) is 26.2. The molecule has 0 bridgehead atoms. The number of nitrogens with zero attached hydrogens (tertiary/aromatic N) is 3. The first-order valence-corrected chi connectivity index (χ1v) is 9.38. The van der Waals surface area contributed by atoms with Crippen molar-refractivity contribution in [2.24, 2.45) is 4.99 Å². The molecule has 1 aliphatic heterocycles. The van der Waals surface area contributed by atoms with Crippen LogP contribution in [0.15, 0.2) is 23.3 Å². The van der Waals surface area contributed by atoms with E-state index < -0.39 is 11.7 Å². The van der Waals surface area contributed by atoms with Gasteiger partial charge in [0.05, 0.1) is 18.7 Å². The minimum atomic E-state index is -4.41. The van der Waals surface area contributed by atoms with Crippen LogP contribution < -0.4 is 20.7 Å². The third kappa shape index (κ3) is 8.90. The largest absolute Gasteiger partial charge is 0.476 e. The minimum Gasteiger partial charge on any atom is -0.476 e. The molecule has 1 aromatic heterocycles. The Bertz CT molecular complexity index is 679. The van der Waals surface area contributed by atoms with Crippen LogP contribution in [0.2, 0.25) is 0 Å². The summed E-state index contributed by atoms with van der Waals surface area (Å²) in [6, 6.07) is 2.38. The molecule has 0 saturated carbocycles. The summed E-state index contributed by atoms with van der Waals surface area (Å²) in [4.78, 5) is 21.4. The molecule has 12 heteroatoms. The van der Waals surface area contributed by atoms with Crippen molar-refractivity contribution >= 4 is 35.8 Å². The van der Waals surface area contributed by atoms with Crippen molar-refractivity contribution in [2.45, 2.75) is 25.1 Å². The summed E-state index contributed by atoms with van der Waals surface area (Å²) in [6.07, 6.45) is -1.88. The van der Waals surface area contributed by atoms with Crippen LogP contribution in [-0.4, -0.2) is 74.7 Å². The van der Waals surface area contributed by atoms with Crippen LogP contribution in [-0.2, 0) is 11.0 Å². The lowest BCUT2D eigenvalue weighted by atomic mass is 10.1. The number of likely N-dealkylation sites (tertiary alicyclic amines) is 1. The number of aliphatic imine (C=N–C) groups is 1. The van der Waals surface area contributed by atoms with Gasteiger partial charge in [-0.1, -0.05) is 0 Å². The van der Waals surface area contributed by atoms with Crippen molar-refractivity contribution < 1.29 is 22.7 Å². The monoisotopic (exact) mass is 544 g/mol. The van der Waals surface area contributed by atoms with E-state index in [2.05, 4.69) is 30.8 Å². The van der Waals surface area contributed by atoms with Gasteiger partial charge in [0, 0.05) is 45.5 Å². The average molecular weight is 544 g/mol. The van der Waals surface area contributed by atoms with Crippen LogP contribution in [0.3, 0.4) is 0 Å². The number of rotatable bonds is 7. The summed E-state index contributed by atoms with van der Waals surface area (Å²) < 4.78 is 42.9. The van der Waals surface area contributed by atoms with Crippen molar-refractivity contribution in [3.8, 4) is 5.88 Å². The van der Waals surface area contributed by atoms with Gasteiger partial charge in [-0.25, -0.2) is 4.98 Å². The number of nitrogens with one attached hydrogen (secondary N) is 3. The zero-order valence-corrected chi connectivity index (χ0v) is 19.3. The van der Waals surface area contributed by atoms with Gasteiger partial charge < -0.3 is 20.7 Å². The zero-order chi connectivity index (χ0) is 21.3. The third-order valence-corrected chi connectivity index (χ3v) is 4.51. The zero-order valence-electron chi connectivity index (χ0n) is 17.0. The first-order chi connectivity index (χ1) is 13.8. The maximum Gasteiger partial charge on any atom is 0.417 e. The van der Waals surface area contributed by atoms with Crippen LogP contribution in [0, 0.1) is 0 Å². The second-order valence-corrected chi connectivity index (χ2v) is 6.60. The van der Waals surface area contributed by atoms with Gasteiger partial charge in [-0.05, 0) is 18.9 Å². The molecule has 3 N–H and O–H groups in total. The summed E-state index contributed by atoms with van der Waals surface area (Å²) in [7, 11) is 3.29. The predicted molar refractivity (Wildman–Crippen MR) is 118 cm³/mol. The van der Waals surface area contributed by atoms with Gasteiger partial charge in [-0.3, -0.25) is 14.7 Å². The summed E-state index contributed by atoms with van der Waals surface area (Å²) in [6.45, 7) is 2.70. The van der Waals surface area contributed by atoms with E-state index >= 15 is 0 Å². The lowest BCUT2D eigenvalue weighted by Gasteiger charge is -2.32. The first-order valence-electron chi connectivity index (χ1n) is 9.38. The lowest BCUT2D eigenvalue weighted by Crippen LogP contribution is -2.50. The molecular weight excluding hydrogens is 516 g/mol. The van der Waals surface area contributed by atoms with Crippen molar-refractivity contribution in [3.63, 3.8) is 0 Å². The maximum atomic E-state index is 12.5. The fourth-order valence-electron chi connectivity index (χ4n) is 2.86. The number of piperidine rings is 1. The average Bonchev–Trinajstić information content (AvgIpc) is 2.71. The number of pyridine rings is 1. The molecule has 1 aliphatic rings. The Hall–Kier alpha value is -1.83. The van der Waals surface area contributed by atoms with E-state index in [4.69, 9.17) is 4.74 Å². The molecule has 1 aromatic rings. The summed E-state index contributed by atoms with van der Waals surface area (Å²) in [5.74, 6) is 0.765. The number of amides is 1. The number of likely N-dealkylation sites (N-methyl/N-ethyl adjacent to an activating group) is 1. The highest BCUT2D eigenvalue weighted by atomic mass is 127. The molecule has 0 spiro atoms. The van der Waals surface area contributed by atoms with Gasteiger partial charge in [-0.15, -0.1) is 24.0 Å². The number of guanidine groups is 1. The molecule has 170 valence electrons. The number of aromatic nitrogens is 1. The number of ether oxygens (including phenoxy) is 1. The van der Waals surface area contributed by atoms with Gasteiger partial charge >= 0.3 is 6.18 Å². The summed E-state index contributed by atoms with van der Waals surface area (Å²) in [5.41, 5.74) is -0.811. The second kappa shape index (κ2) is 12.8. The highest BCUT2D eigenvalue weighted by Gasteiger charge is 2.30. The highest BCUT2D eigenvalue weighted by molar-refractivity contribution is 14.0. The molecule has 2 rings (SSSR count). The Labute approximate surface area is 191 Å². The Kier molecular flexibility index (Phi) is 11.2. The smallest absolute Gasteiger partial charge is 0.417 e. The molecule has 0 unspecified atom stereocenters. The fraction of sp³-hybridized carbons (Fsp3) is 0.611. The Morgan fingerprint density at radius 2 is 2.03 bits per heavy atom. The normalized spacial score (nSPS) is 15.8. The molecule has 1 saturated heterocycles. The van der Waals surface area contributed by atoms with E-state index in [0.717, 1.165) is 38.2 Å². The molecule has 0 radical (unpaired) electrons. The topological polar surface area (TPSA) is 90.9 Å². The minimum absolute atomic E-state index is 0. The van der Waals surface area contributed by atoms with E-state index in [-0.39, 0.29) is 48.4 Å². The quantitative estimate of drug-likeness (QED) is 0.209. The molecule has 8 nitrogen and oxygen atoms in total. The standard InChI is InChI=1S/C18H27F3N6O2.HI/c1-22-15(28)12-27-8-5-14(6-9-27)26-17(23-2)24-7-10-29-16-4-3-13(11-25-16)18(19,20)21;/h3-4,11,14H,5-10,12H2,1-2H3,(H,22,28)(H2,23,24,26);1H. The van der Waals surface area contributed by atoms with E-state index in [9.17, 15) is 18.0 Å². The van der Waals surface area contributed by atoms with E-state index in [0.29, 0.717) is 19.0 Å². The maximum absolute atomic E-state index is 12.5. The second-order valence-electron chi connectivity index (χ2n) is 6.60. The summed E-state index contributed by atoms with van der Waals surface area (Å²) >= 11 is 0. The Morgan fingerprint density at radius 1 is 1.33 bits per heavy atom. The van der Waals surface area contributed by atoms with Crippen LogP contribution in [0.1, 0.15) is 18.4 Å². The number of halogens is 4. The van der Waals surface area contributed by atoms with Crippen LogP contribution in [0.4, 0.5) is 13.2 Å². The Morgan fingerprint density at radius 3 is 2.57 bits per heavy atom. The number of hydrogen-bond donors (Lipinski definition) is 3. The van der Waals surface area contributed by atoms with Gasteiger partial charge in [0.2, 0.25) is 11.8 Å². The predicted octanol–water partition coefficient (Wildman–Crippen LogP) is 1.47. The van der Waals surface area contributed by atoms with Crippen molar-refractivity contribution in [3.05, 3.63) is 23.9 Å². The Balaban J connectivity index is 0.00000450. The fourth-order valence-corrected chi connectivity index (χ4v) is 2.86. The lowest BCUT2D eigenvalue weighted by molar-refractivity contribution is -0.137. The van der Waals surface area contributed by atoms with Crippen molar-refractivity contribution in [2.75, 3.05) is 46.9 Å². The third-order valence-electron chi connectivity index (χ3n) is 4.51. The van der Waals surface area contributed by atoms with Crippen molar-refractivity contribution in [1.29, 1.82) is 0 Å². The molecule has 0 aliphatic carbocycles. The number of alkyl halides is 3.